The molecule has 3 heterocycles. The molecule has 2 bridgehead atoms. The van der Waals surface area contributed by atoms with E-state index < -0.39 is 11.4 Å². The number of pyridine rings is 1. The third-order valence-corrected chi connectivity index (χ3v) is 7.89. The van der Waals surface area contributed by atoms with Crippen molar-refractivity contribution >= 4 is 40.2 Å². The van der Waals surface area contributed by atoms with Gasteiger partial charge in [0.2, 0.25) is 5.88 Å². The Bertz CT molecular complexity index is 1410. The quantitative estimate of drug-likeness (QED) is 0.372. The number of hydrogen-bond donors (Lipinski definition) is 1. The Hall–Kier alpha value is -3.40. The maximum Gasteiger partial charge on any atom is 0.410 e. The third-order valence-electron chi connectivity index (χ3n) is 7.54. The van der Waals surface area contributed by atoms with Crippen LogP contribution in [0.2, 0.25) is 5.02 Å². The van der Waals surface area contributed by atoms with Crippen LogP contribution >= 0.6 is 11.6 Å². The smallest absolute Gasteiger partial charge is 0.410 e. The molecule has 3 aromatic rings. The molecule has 0 unspecified atom stereocenters. The molecule has 3 saturated carbocycles. The van der Waals surface area contributed by atoms with Gasteiger partial charge < -0.3 is 24.4 Å². The largest absolute Gasteiger partial charge is 0.491 e. The zero-order valence-corrected chi connectivity index (χ0v) is 22.9. The van der Waals surface area contributed by atoms with E-state index in [4.69, 9.17) is 25.8 Å². The van der Waals surface area contributed by atoms with Crippen LogP contribution in [-0.2, 0) is 4.74 Å². The van der Waals surface area contributed by atoms with Gasteiger partial charge in [0.05, 0.1) is 24.4 Å². The first-order valence-corrected chi connectivity index (χ1v) is 13.6. The monoisotopic (exact) mass is 555 g/mol. The van der Waals surface area contributed by atoms with Crippen LogP contribution in [0.3, 0.4) is 0 Å². The summed E-state index contributed by atoms with van der Waals surface area (Å²) in [5.41, 5.74) is 0.823. The van der Waals surface area contributed by atoms with Gasteiger partial charge in [-0.15, -0.1) is 0 Å². The van der Waals surface area contributed by atoms with Crippen molar-refractivity contribution in [2.75, 3.05) is 25.0 Å². The summed E-state index contributed by atoms with van der Waals surface area (Å²) >= 11 is 6.33. The van der Waals surface area contributed by atoms with Gasteiger partial charge >= 0.3 is 6.09 Å². The topological polar surface area (TPSA) is 98.7 Å². The van der Waals surface area contributed by atoms with Gasteiger partial charge in [-0.25, -0.2) is 24.1 Å². The number of fused-ring (bicyclic) bond motifs is 1. The number of benzene rings is 1. The minimum absolute atomic E-state index is 0.0716. The maximum atomic E-state index is 15.2. The minimum atomic E-state index is -0.626. The molecule has 1 N–H and O–H groups in total. The SMILES string of the molecule is CC(C)(C)OC(=O)N1CC[C@H](Oc2ccc3ncnc(Nc4ccc(OCC56CC(C5)C6)c(Cl)c4F)c3n2)C1. The number of likely N-dealkylation sites (tertiary alicyclic amines) is 1. The predicted octanol–water partition coefficient (Wildman–Crippen LogP) is 6.13. The molecule has 0 radical (unpaired) electrons. The Labute approximate surface area is 231 Å². The van der Waals surface area contributed by atoms with Crippen LogP contribution < -0.4 is 14.8 Å². The molecule has 3 aliphatic carbocycles. The highest BCUT2D eigenvalue weighted by Gasteiger charge is 2.57. The summed E-state index contributed by atoms with van der Waals surface area (Å²) < 4.78 is 32.6. The number of amides is 1. The number of halogens is 2. The summed E-state index contributed by atoms with van der Waals surface area (Å²) in [7, 11) is 0. The van der Waals surface area contributed by atoms with Crippen LogP contribution in [0.1, 0.15) is 46.5 Å². The molecular weight excluding hydrogens is 525 g/mol. The molecule has 1 saturated heterocycles. The second-order valence-corrected chi connectivity index (χ2v) is 12.2. The standard InChI is InChI=1S/C28H31ClFN5O4/c1-27(2,3)39-26(36)35-9-8-17(13-35)38-21-7-5-19-24(34-21)25(32-15-31-19)33-18-4-6-20(22(29)23(18)30)37-14-28-10-16(11-28)12-28/h4-7,15-17H,8-14H2,1-3H3,(H,31,32,33)/t16?,17-,28?/m0/s1. The van der Waals surface area contributed by atoms with Crippen LogP contribution in [0.5, 0.6) is 11.6 Å². The lowest BCUT2D eigenvalue weighted by atomic mass is 9.45. The van der Waals surface area contributed by atoms with Crippen molar-refractivity contribution in [1.82, 2.24) is 19.9 Å². The molecule has 0 spiro atoms. The Morgan fingerprint density at radius 2 is 2.00 bits per heavy atom. The summed E-state index contributed by atoms with van der Waals surface area (Å²) in [6.45, 7) is 6.99. The second-order valence-electron chi connectivity index (χ2n) is 11.8. The van der Waals surface area contributed by atoms with Crippen LogP contribution in [0.15, 0.2) is 30.6 Å². The first kappa shape index (κ1) is 25.9. The van der Waals surface area contributed by atoms with Gasteiger partial charge in [-0.3, -0.25) is 0 Å². The van der Waals surface area contributed by atoms with Gasteiger partial charge in [-0.05, 0) is 64.2 Å². The minimum Gasteiger partial charge on any atom is -0.491 e. The van der Waals surface area contributed by atoms with Crippen molar-refractivity contribution in [2.45, 2.75) is 58.2 Å². The Kier molecular flexibility index (Phi) is 6.40. The number of hydrogen-bond acceptors (Lipinski definition) is 8. The number of nitrogens with one attached hydrogen (secondary N) is 1. The van der Waals surface area contributed by atoms with E-state index in [0.29, 0.717) is 54.6 Å². The van der Waals surface area contributed by atoms with E-state index in [9.17, 15) is 4.79 Å². The van der Waals surface area contributed by atoms with Crippen molar-refractivity contribution in [1.29, 1.82) is 0 Å². The molecule has 1 aliphatic heterocycles. The molecule has 1 atom stereocenters. The Morgan fingerprint density at radius 1 is 1.21 bits per heavy atom. The maximum absolute atomic E-state index is 15.2. The van der Waals surface area contributed by atoms with Crippen LogP contribution in [0.4, 0.5) is 20.7 Å². The van der Waals surface area contributed by atoms with E-state index in [1.54, 1.807) is 29.2 Å². The fourth-order valence-corrected chi connectivity index (χ4v) is 5.72. The molecule has 11 heteroatoms. The zero-order valence-electron chi connectivity index (χ0n) is 22.2. The summed E-state index contributed by atoms with van der Waals surface area (Å²) in [5, 5.41) is 2.93. The van der Waals surface area contributed by atoms with Gasteiger partial charge in [-0.1, -0.05) is 11.6 Å². The van der Waals surface area contributed by atoms with Crippen molar-refractivity contribution in [3.8, 4) is 11.6 Å². The lowest BCUT2D eigenvalue weighted by Crippen LogP contribution is -2.55. The number of carbonyl (C=O) groups is 1. The molecule has 1 aromatic carbocycles. The van der Waals surface area contributed by atoms with Crippen LogP contribution in [-0.4, -0.2) is 57.3 Å². The van der Waals surface area contributed by atoms with Crippen LogP contribution in [0, 0.1) is 17.2 Å². The molecular formula is C28H31ClFN5O4. The fourth-order valence-electron chi connectivity index (χ4n) is 5.50. The first-order chi connectivity index (χ1) is 18.6. The van der Waals surface area contributed by atoms with E-state index in [2.05, 4.69) is 20.3 Å². The van der Waals surface area contributed by atoms with E-state index >= 15 is 4.39 Å². The fraction of sp³-hybridized carbons (Fsp3) is 0.500. The second kappa shape index (κ2) is 9.66. The van der Waals surface area contributed by atoms with Crippen molar-refractivity contribution in [3.05, 3.63) is 41.4 Å². The highest BCUT2D eigenvalue weighted by molar-refractivity contribution is 6.32. The molecule has 39 heavy (non-hydrogen) atoms. The van der Waals surface area contributed by atoms with E-state index in [1.807, 2.05) is 20.8 Å². The van der Waals surface area contributed by atoms with E-state index in [1.165, 1.54) is 25.6 Å². The number of carbonyl (C=O) groups excluding carboxylic acids is 1. The number of rotatable bonds is 7. The van der Waals surface area contributed by atoms with Gasteiger partial charge in [0.25, 0.3) is 0 Å². The molecule has 4 aliphatic rings. The lowest BCUT2D eigenvalue weighted by molar-refractivity contribution is -0.131. The highest BCUT2D eigenvalue weighted by Crippen LogP contribution is 2.64. The molecule has 4 fully saturated rings. The van der Waals surface area contributed by atoms with Crippen molar-refractivity contribution in [3.63, 3.8) is 0 Å². The van der Waals surface area contributed by atoms with Gasteiger partial charge in [0.1, 0.15) is 34.3 Å². The molecule has 9 nitrogen and oxygen atoms in total. The first-order valence-electron chi connectivity index (χ1n) is 13.2. The number of aromatic nitrogens is 3. The summed E-state index contributed by atoms with van der Waals surface area (Å²) in [6.07, 6.45) is 4.99. The molecule has 206 valence electrons. The van der Waals surface area contributed by atoms with Gasteiger partial charge in [0, 0.05) is 24.4 Å². The van der Waals surface area contributed by atoms with Crippen molar-refractivity contribution in [2.24, 2.45) is 11.3 Å². The number of nitrogens with zero attached hydrogens (tertiary/aromatic N) is 4. The normalized spacial score (nSPS) is 23.7. The molecule has 2 aromatic heterocycles. The van der Waals surface area contributed by atoms with Gasteiger partial charge in [0.15, 0.2) is 11.6 Å². The predicted molar refractivity (Wildman–Crippen MR) is 144 cm³/mol. The number of anilines is 2. The summed E-state index contributed by atoms with van der Waals surface area (Å²) in [4.78, 5) is 27.1. The average Bonchev–Trinajstić information content (AvgIpc) is 3.29. The lowest BCUT2D eigenvalue weighted by Gasteiger charge is -2.61. The Morgan fingerprint density at radius 3 is 2.72 bits per heavy atom. The molecule has 7 rings (SSSR count). The van der Waals surface area contributed by atoms with Gasteiger partial charge in [-0.2, -0.15) is 0 Å². The summed E-state index contributed by atoms with van der Waals surface area (Å²) in [6, 6.07) is 6.72. The van der Waals surface area contributed by atoms with E-state index in [-0.39, 0.29) is 28.3 Å². The highest BCUT2D eigenvalue weighted by atomic mass is 35.5. The average molecular weight is 556 g/mol. The van der Waals surface area contributed by atoms with Crippen LogP contribution in [0.25, 0.3) is 11.0 Å². The van der Waals surface area contributed by atoms with E-state index in [0.717, 1.165) is 5.92 Å². The van der Waals surface area contributed by atoms with Crippen molar-refractivity contribution < 1.29 is 23.4 Å². The molecule has 1 amide bonds. The Balaban J connectivity index is 1.15. The zero-order chi connectivity index (χ0) is 27.4. The number of ether oxygens (including phenoxy) is 3. The summed E-state index contributed by atoms with van der Waals surface area (Å²) in [5.74, 6) is 1.22. The third kappa shape index (κ3) is 5.26.